The van der Waals surface area contributed by atoms with Gasteiger partial charge in [0.1, 0.15) is 0 Å². The summed E-state index contributed by atoms with van der Waals surface area (Å²) in [5.74, 6) is 1.23. The zero-order valence-electron chi connectivity index (χ0n) is 12.0. The van der Waals surface area contributed by atoms with Crippen molar-refractivity contribution in [2.45, 2.75) is 40.5 Å². The van der Waals surface area contributed by atoms with Crippen molar-refractivity contribution in [2.75, 3.05) is 11.9 Å². The molecule has 3 N–H and O–H groups in total. The smallest absolute Gasteiger partial charge is 0.193 e. The summed E-state index contributed by atoms with van der Waals surface area (Å²) in [5, 5.41) is 3.14. The number of aliphatic imine (C=N–C) groups is 1. The number of anilines is 1. The van der Waals surface area contributed by atoms with Crippen molar-refractivity contribution in [3.8, 4) is 0 Å². The molecule has 0 aliphatic heterocycles. The first kappa shape index (κ1) is 14.6. The van der Waals surface area contributed by atoms with E-state index in [-0.39, 0.29) is 0 Å². The van der Waals surface area contributed by atoms with Gasteiger partial charge >= 0.3 is 0 Å². The van der Waals surface area contributed by atoms with Crippen LogP contribution in [0.15, 0.2) is 23.2 Å². The zero-order chi connectivity index (χ0) is 13.5. The fourth-order valence-corrected chi connectivity index (χ4v) is 1.93. The number of rotatable bonds is 5. The molecule has 0 aliphatic rings. The molecule has 3 heteroatoms. The van der Waals surface area contributed by atoms with Crippen LogP contribution in [-0.4, -0.2) is 12.5 Å². The van der Waals surface area contributed by atoms with Crippen LogP contribution in [0.2, 0.25) is 0 Å². The molecule has 1 rings (SSSR count). The lowest BCUT2D eigenvalue weighted by atomic mass is 10.1. The van der Waals surface area contributed by atoms with Crippen LogP contribution >= 0.6 is 0 Å². The third-order valence-electron chi connectivity index (χ3n) is 2.72. The highest BCUT2D eigenvalue weighted by Crippen LogP contribution is 2.13. The fourth-order valence-electron chi connectivity index (χ4n) is 1.93. The number of nitrogens with two attached hydrogens (primary N) is 1. The summed E-state index contributed by atoms with van der Waals surface area (Å²) in [7, 11) is 0. The molecule has 0 bridgehead atoms. The Labute approximate surface area is 111 Å². The second-order valence-electron chi connectivity index (χ2n) is 5.30. The molecule has 18 heavy (non-hydrogen) atoms. The molecule has 0 saturated carbocycles. The van der Waals surface area contributed by atoms with E-state index in [4.69, 9.17) is 5.73 Å². The minimum Gasteiger partial charge on any atom is -0.370 e. The summed E-state index contributed by atoms with van der Waals surface area (Å²) in [6, 6.07) is 6.29. The molecular weight excluding hydrogens is 222 g/mol. The van der Waals surface area contributed by atoms with E-state index in [1.54, 1.807) is 0 Å². The number of nitrogens with one attached hydrogen (secondary N) is 1. The van der Waals surface area contributed by atoms with Crippen LogP contribution in [0, 0.1) is 19.8 Å². The molecule has 0 saturated heterocycles. The first-order chi connectivity index (χ1) is 8.47. The van der Waals surface area contributed by atoms with Gasteiger partial charge < -0.3 is 11.1 Å². The molecule has 0 atom stereocenters. The van der Waals surface area contributed by atoms with Crippen molar-refractivity contribution < 1.29 is 0 Å². The number of guanidine groups is 1. The Balaban J connectivity index is 2.48. The lowest BCUT2D eigenvalue weighted by Crippen LogP contribution is -2.23. The van der Waals surface area contributed by atoms with Crippen molar-refractivity contribution in [1.29, 1.82) is 0 Å². The Hall–Kier alpha value is -1.51. The van der Waals surface area contributed by atoms with E-state index in [0.29, 0.717) is 5.96 Å². The van der Waals surface area contributed by atoms with Gasteiger partial charge in [0, 0.05) is 12.2 Å². The van der Waals surface area contributed by atoms with E-state index in [1.165, 1.54) is 17.5 Å². The van der Waals surface area contributed by atoms with Crippen LogP contribution in [-0.2, 0) is 0 Å². The Kier molecular flexibility index (Phi) is 5.69. The predicted molar refractivity (Wildman–Crippen MR) is 80.1 cm³/mol. The van der Waals surface area contributed by atoms with Gasteiger partial charge in [-0.25, -0.2) is 0 Å². The van der Waals surface area contributed by atoms with Gasteiger partial charge in [0.05, 0.1) is 0 Å². The topological polar surface area (TPSA) is 50.4 Å². The predicted octanol–water partition coefficient (Wildman–Crippen LogP) is 3.47. The Morgan fingerprint density at radius 2 is 1.83 bits per heavy atom. The van der Waals surface area contributed by atoms with Crippen molar-refractivity contribution in [2.24, 2.45) is 16.6 Å². The summed E-state index contributed by atoms with van der Waals surface area (Å²) in [5.41, 5.74) is 9.33. The molecule has 100 valence electrons. The normalized spacial score (nSPS) is 11.9. The molecule has 0 spiro atoms. The van der Waals surface area contributed by atoms with Crippen LogP contribution in [0.3, 0.4) is 0 Å². The van der Waals surface area contributed by atoms with Crippen molar-refractivity contribution in [3.05, 3.63) is 29.3 Å². The summed E-state index contributed by atoms with van der Waals surface area (Å²) < 4.78 is 0. The van der Waals surface area contributed by atoms with Crippen LogP contribution in [0.25, 0.3) is 0 Å². The number of aryl methyl sites for hydroxylation is 2. The van der Waals surface area contributed by atoms with Crippen molar-refractivity contribution in [1.82, 2.24) is 0 Å². The molecule has 1 aromatic carbocycles. The van der Waals surface area contributed by atoms with Crippen molar-refractivity contribution in [3.63, 3.8) is 0 Å². The minimum absolute atomic E-state index is 0.503. The monoisotopic (exact) mass is 247 g/mol. The fraction of sp³-hybridized carbons (Fsp3) is 0.533. The molecule has 0 unspecified atom stereocenters. The van der Waals surface area contributed by atoms with E-state index in [9.17, 15) is 0 Å². The molecule has 0 heterocycles. The summed E-state index contributed by atoms with van der Waals surface area (Å²) in [6.45, 7) is 9.39. The van der Waals surface area contributed by atoms with Gasteiger partial charge in [0.2, 0.25) is 0 Å². The van der Waals surface area contributed by atoms with Gasteiger partial charge in [-0.1, -0.05) is 19.9 Å². The standard InChI is InChI=1S/C15H25N3/c1-11(2)6-5-7-17-15(16)18-14-9-12(3)8-13(4)10-14/h8-11H,5-7H2,1-4H3,(H3,16,17,18). The number of benzene rings is 1. The number of hydrogen-bond acceptors (Lipinski definition) is 1. The largest absolute Gasteiger partial charge is 0.370 e. The quantitative estimate of drug-likeness (QED) is 0.475. The average Bonchev–Trinajstić information content (AvgIpc) is 2.22. The first-order valence-corrected chi connectivity index (χ1v) is 6.62. The second kappa shape index (κ2) is 7.04. The van der Waals surface area contributed by atoms with Gasteiger partial charge in [-0.05, 0) is 55.9 Å². The zero-order valence-corrected chi connectivity index (χ0v) is 12.0. The average molecular weight is 247 g/mol. The van der Waals surface area contributed by atoms with Gasteiger partial charge in [0.25, 0.3) is 0 Å². The molecule has 0 radical (unpaired) electrons. The number of nitrogens with zero attached hydrogens (tertiary/aromatic N) is 1. The molecule has 0 aromatic heterocycles. The molecular formula is C15H25N3. The first-order valence-electron chi connectivity index (χ1n) is 6.62. The van der Waals surface area contributed by atoms with Gasteiger partial charge in [-0.3, -0.25) is 4.99 Å². The van der Waals surface area contributed by atoms with E-state index in [1.807, 2.05) is 0 Å². The second-order valence-corrected chi connectivity index (χ2v) is 5.30. The van der Waals surface area contributed by atoms with Crippen LogP contribution < -0.4 is 11.1 Å². The van der Waals surface area contributed by atoms with E-state index < -0.39 is 0 Å². The molecule has 1 aromatic rings. The molecule has 0 aliphatic carbocycles. The third-order valence-corrected chi connectivity index (χ3v) is 2.72. The lowest BCUT2D eigenvalue weighted by molar-refractivity contribution is 0.561. The highest BCUT2D eigenvalue weighted by atomic mass is 15.1. The van der Waals surface area contributed by atoms with Crippen molar-refractivity contribution >= 4 is 11.6 Å². The minimum atomic E-state index is 0.503. The Bertz CT molecular complexity index is 388. The van der Waals surface area contributed by atoms with Gasteiger partial charge in [-0.2, -0.15) is 0 Å². The number of hydrogen-bond donors (Lipinski definition) is 2. The lowest BCUT2D eigenvalue weighted by Gasteiger charge is -2.08. The Morgan fingerprint density at radius 1 is 1.22 bits per heavy atom. The SMILES string of the molecule is Cc1cc(C)cc(NC(N)=NCCCC(C)C)c1. The van der Waals surface area contributed by atoms with E-state index >= 15 is 0 Å². The highest BCUT2D eigenvalue weighted by Gasteiger charge is 1.98. The summed E-state index contributed by atoms with van der Waals surface area (Å²) in [6.07, 6.45) is 2.28. The molecule has 3 nitrogen and oxygen atoms in total. The molecule has 0 fully saturated rings. The molecule has 0 amide bonds. The summed E-state index contributed by atoms with van der Waals surface area (Å²) in [4.78, 5) is 4.33. The van der Waals surface area contributed by atoms with Crippen LogP contribution in [0.4, 0.5) is 5.69 Å². The van der Waals surface area contributed by atoms with Gasteiger partial charge in [0.15, 0.2) is 5.96 Å². The van der Waals surface area contributed by atoms with E-state index in [2.05, 4.69) is 56.2 Å². The van der Waals surface area contributed by atoms with Crippen LogP contribution in [0.1, 0.15) is 37.8 Å². The highest BCUT2D eigenvalue weighted by molar-refractivity contribution is 5.92. The maximum atomic E-state index is 5.86. The van der Waals surface area contributed by atoms with Crippen LogP contribution in [0.5, 0.6) is 0 Å². The van der Waals surface area contributed by atoms with E-state index in [0.717, 1.165) is 24.6 Å². The maximum Gasteiger partial charge on any atom is 0.193 e. The van der Waals surface area contributed by atoms with Gasteiger partial charge in [-0.15, -0.1) is 0 Å². The maximum absolute atomic E-state index is 5.86. The third kappa shape index (κ3) is 5.71. The Morgan fingerprint density at radius 3 is 2.39 bits per heavy atom. The summed E-state index contributed by atoms with van der Waals surface area (Å²) >= 11 is 0.